The molecule has 1 heterocycles. The number of carbonyl (C=O) groups is 2. The van der Waals surface area contributed by atoms with E-state index in [1.807, 2.05) is 0 Å². The summed E-state index contributed by atoms with van der Waals surface area (Å²) in [7, 11) is 0. The molecule has 108 valence electrons. The van der Waals surface area contributed by atoms with Gasteiger partial charge in [-0.15, -0.1) is 0 Å². The molecule has 1 aliphatic heterocycles. The van der Waals surface area contributed by atoms with Crippen molar-refractivity contribution in [2.24, 2.45) is 5.92 Å². The molecule has 1 fully saturated rings. The quantitative estimate of drug-likeness (QED) is 0.891. The monoisotopic (exact) mass is 351 g/mol. The minimum absolute atomic E-state index is 0.0357. The molecule has 20 heavy (non-hydrogen) atoms. The van der Waals surface area contributed by atoms with Crippen LogP contribution in [-0.2, 0) is 15.8 Å². The van der Waals surface area contributed by atoms with Gasteiger partial charge >= 0.3 is 12.1 Å². The molecule has 0 aliphatic carbocycles. The Labute approximate surface area is 120 Å². The van der Waals surface area contributed by atoms with Crippen LogP contribution in [0.4, 0.5) is 18.9 Å². The van der Waals surface area contributed by atoms with Crippen LogP contribution in [0.3, 0.4) is 0 Å². The molecular formula is C12H9BrF3NO3. The first-order chi connectivity index (χ1) is 9.20. The molecule has 0 spiro atoms. The maximum Gasteiger partial charge on any atom is 0.416 e. The second-order valence-corrected chi connectivity index (χ2v) is 5.26. The number of anilines is 1. The number of hydrogen-bond acceptors (Lipinski definition) is 2. The number of aliphatic carboxylic acids is 1. The summed E-state index contributed by atoms with van der Waals surface area (Å²) in [6.45, 7) is -0.131. The Morgan fingerprint density at radius 3 is 2.55 bits per heavy atom. The number of amides is 1. The van der Waals surface area contributed by atoms with Gasteiger partial charge in [-0.1, -0.05) is 0 Å². The normalized spacial score (nSPS) is 19.5. The zero-order valence-electron chi connectivity index (χ0n) is 9.95. The predicted octanol–water partition coefficient (Wildman–Crippen LogP) is 2.91. The van der Waals surface area contributed by atoms with Gasteiger partial charge in [0.2, 0.25) is 5.91 Å². The maximum atomic E-state index is 12.7. The number of halogens is 4. The Bertz CT molecular complexity index is 574. The highest BCUT2D eigenvalue weighted by Crippen LogP contribution is 2.37. The fourth-order valence-electron chi connectivity index (χ4n) is 2.00. The van der Waals surface area contributed by atoms with Crippen molar-refractivity contribution in [3.63, 3.8) is 0 Å². The lowest BCUT2D eigenvalue weighted by Crippen LogP contribution is -2.26. The maximum absolute atomic E-state index is 12.7. The lowest BCUT2D eigenvalue weighted by Gasteiger charge is -2.19. The smallest absolute Gasteiger partial charge is 0.416 e. The highest BCUT2D eigenvalue weighted by Gasteiger charge is 2.37. The van der Waals surface area contributed by atoms with E-state index < -0.39 is 29.5 Å². The number of carbonyl (C=O) groups excluding carboxylic acids is 1. The Morgan fingerprint density at radius 2 is 2.05 bits per heavy atom. The summed E-state index contributed by atoms with van der Waals surface area (Å²) in [5, 5.41) is 8.88. The van der Waals surface area contributed by atoms with Gasteiger partial charge < -0.3 is 10.0 Å². The summed E-state index contributed by atoms with van der Waals surface area (Å²) >= 11 is 3.08. The number of nitrogens with zero attached hydrogens (tertiary/aromatic N) is 1. The number of carboxylic acids is 1. The van der Waals surface area contributed by atoms with Crippen molar-refractivity contribution in [1.29, 1.82) is 0 Å². The summed E-state index contributed by atoms with van der Waals surface area (Å²) in [6.07, 6.45) is -4.73. The molecule has 1 atom stereocenters. The van der Waals surface area contributed by atoms with E-state index in [9.17, 15) is 22.8 Å². The SMILES string of the molecule is O=C(O)C1CC(=O)N(c2cc(C(F)(F)F)ccc2Br)C1. The van der Waals surface area contributed by atoms with Gasteiger partial charge in [-0.05, 0) is 34.1 Å². The van der Waals surface area contributed by atoms with Gasteiger partial charge in [0, 0.05) is 17.4 Å². The zero-order chi connectivity index (χ0) is 15.1. The van der Waals surface area contributed by atoms with E-state index in [2.05, 4.69) is 15.9 Å². The Morgan fingerprint density at radius 1 is 1.40 bits per heavy atom. The summed E-state index contributed by atoms with van der Waals surface area (Å²) in [4.78, 5) is 23.7. The number of alkyl halides is 3. The van der Waals surface area contributed by atoms with E-state index in [0.717, 1.165) is 17.0 Å². The second-order valence-electron chi connectivity index (χ2n) is 4.41. The predicted molar refractivity (Wildman–Crippen MR) is 67.2 cm³/mol. The van der Waals surface area contributed by atoms with Crippen LogP contribution in [0.1, 0.15) is 12.0 Å². The van der Waals surface area contributed by atoms with Crippen molar-refractivity contribution in [1.82, 2.24) is 0 Å². The second kappa shape index (κ2) is 5.08. The van der Waals surface area contributed by atoms with Crippen molar-refractivity contribution < 1.29 is 27.9 Å². The van der Waals surface area contributed by atoms with E-state index >= 15 is 0 Å². The van der Waals surface area contributed by atoms with Crippen LogP contribution in [0, 0.1) is 5.92 Å². The number of rotatable bonds is 2. The Balaban J connectivity index is 2.38. The standard InChI is InChI=1S/C12H9BrF3NO3/c13-8-2-1-7(12(14,15)16)4-9(8)17-5-6(11(19)20)3-10(17)18/h1-2,4,6H,3,5H2,(H,19,20). The van der Waals surface area contributed by atoms with Crippen LogP contribution in [0.25, 0.3) is 0 Å². The molecule has 2 rings (SSSR count). The van der Waals surface area contributed by atoms with Gasteiger partial charge in [0.15, 0.2) is 0 Å². The van der Waals surface area contributed by atoms with Crippen LogP contribution in [0.5, 0.6) is 0 Å². The van der Waals surface area contributed by atoms with Crippen LogP contribution >= 0.6 is 15.9 Å². The van der Waals surface area contributed by atoms with Crippen molar-refractivity contribution in [2.75, 3.05) is 11.4 Å². The number of hydrogen-bond donors (Lipinski definition) is 1. The lowest BCUT2D eigenvalue weighted by molar-refractivity contribution is -0.141. The molecule has 1 saturated heterocycles. The summed E-state index contributed by atoms with van der Waals surface area (Å²) in [6, 6.07) is 2.93. The zero-order valence-corrected chi connectivity index (χ0v) is 11.5. The summed E-state index contributed by atoms with van der Waals surface area (Å²) in [5.41, 5.74) is -0.851. The van der Waals surface area contributed by atoms with Crippen molar-refractivity contribution >= 4 is 33.5 Å². The first kappa shape index (κ1) is 14.8. The molecule has 1 N–H and O–H groups in total. The average Bonchev–Trinajstić information content (AvgIpc) is 2.70. The third-order valence-corrected chi connectivity index (χ3v) is 3.71. The van der Waals surface area contributed by atoms with Crippen LogP contribution in [0.15, 0.2) is 22.7 Å². The minimum atomic E-state index is -4.52. The van der Waals surface area contributed by atoms with Crippen LogP contribution < -0.4 is 4.90 Å². The highest BCUT2D eigenvalue weighted by molar-refractivity contribution is 9.10. The van der Waals surface area contributed by atoms with Gasteiger partial charge in [-0.25, -0.2) is 0 Å². The van der Waals surface area contributed by atoms with E-state index in [4.69, 9.17) is 5.11 Å². The van der Waals surface area contributed by atoms with Crippen molar-refractivity contribution in [2.45, 2.75) is 12.6 Å². The topological polar surface area (TPSA) is 57.6 Å². The molecule has 1 aromatic rings. The van der Waals surface area contributed by atoms with Crippen molar-refractivity contribution in [3.05, 3.63) is 28.2 Å². The van der Waals surface area contributed by atoms with Gasteiger partial charge in [0.05, 0.1) is 17.2 Å². The van der Waals surface area contributed by atoms with E-state index in [1.54, 1.807) is 0 Å². The van der Waals surface area contributed by atoms with Gasteiger partial charge in [0.1, 0.15) is 0 Å². The van der Waals surface area contributed by atoms with E-state index in [0.29, 0.717) is 4.47 Å². The van der Waals surface area contributed by atoms with Gasteiger partial charge in [-0.2, -0.15) is 13.2 Å². The molecule has 1 aliphatic rings. The molecule has 1 unspecified atom stereocenters. The fourth-order valence-corrected chi connectivity index (χ4v) is 2.46. The fraction of sp³-hybridized carbons (Fsp3) is 0.333. The molecule has 0 saturated carbocycles. The first-order valence-electron chi connectivity index (χ1n) is 5.60. The van der Waals surface area contributed by atoms with Crippen LogP contribution in [-0.4, -0.2) is 23.5 Å². The number of benzene rings is 1. The molecule has 0 aromatic heterocycles. The molecule has 1 aromatic carbocycles. The average molecular weight is 352 g/mol. The Hall–Kier alpha value is -1.57. The largest absolute Gasteiger partial charge is 0.481 e. The molecular weight excluding hydrogens is 343 g/mol. The molecule has 4 nitrogen and oxygen atoms in total. The third-order valence-electron chi connectivity index (χ3n) is 3.04. The van der Waals surface area contributed by atoms with Gasteiger partial charge in [-0.3, -0.25) is 9.59 Å². The summed E-state index contributed by atoms with van der Waals surface area (Å²) in [5.74, 6) is -2.54. The molecule has 1 amide bonds. The third kappa shape index (κ3) is 2.79. The first-order valence-corrected chi connectivity index (χ1v) is 6.39. The van der Waals surface area contributed by atoms with E-state index in [1.165, 1.54) is 6.07 Å². The highest BCUT2D eigenvalue weighted by atomic mass is 79.9. The molecule has 0 radical (unpaired) electrons. The van der Waals surface area contributed by atoms with E-state index in [-0.39, 0.29) is 18.7 Å². The lowest BCUT2D eigenvalue weighted by atomic mass is 10.1. The molecule has 8 heteroatoms. The molecule has 0 bridgehead atoms. The number of carboxylic acid groups (broad SMARTS) is 1. The van der Waals surface area contributed by atoms with Crippen LogP contribution in [0.2, 0.25) is 0 Å². The van der Waals surface area contributed by atoms with Gasteiger partial charge in [0.25, 0.3) is 0 Å². The Kier molecular flexibility index (Phi) is 3.77. The summed E-state index contributed by atoms with van der Waals surface area (Å²) < 4.78 is 38.3. The van der Waals surface area contributed by atoms with Crippen molar-refractivity contribution in [3.8, 4) is 0 Å². The minimum Gasteiger partial charge on any atom is -0.481 e.